The molecule has 0 amide bonds. The third-order valence-electron chi connectivity index (χ3n) is 7.88. The number of benzene rings is 4. The lowest BCUT2D eigenvalue weighted by Crippen LogP contribution is -2.25. The van der Waals surface area contributed by atoms with Gasteiger partial charge in [-0.25, -0.2) is 0 Å². The van der Waals surface area contributed by atoms with Gasteiger partial charge in [-0.15, -0.1) is 0 Å². The predicted octanol–water partition coefficient (Wildman–Crippen LogP) is 8.17. The van der Waals surface area contributed by atoms with Crippen LogP contribution in [0.15, 0.2) is 84.9 Å². The number of likely N-dealkylation sites (N-methyl/N-ethyl adjacent to an activating group) is 1. The van der Waals surface area contributed by atoms with E-state index in [0.29, 0.717) is 13.2 Å². The van der Waals surface area contributed by atoms with Crippen molar-refractivity contribution in [2.45, 2.75) is 59.4 Å². The highest BCUT2D eigenvalue weighted by atomic mass is 16.5. The SMILES string of the molecule is CCN1CCc2c1ccc(C)c2-c1c(OCc2ccccc2)cc(CC(C)(C)OC)cc1OCc1ccccc1. The van der Waals surface area contributed by atoms with Crippen molar-refractivity contribution >= 4 is 5.69 Å². The molecular formula is C36H41NO3. The van der Waals surface area contributed by atoms with E-state index in [4.69, 9.17) is 14.2 Å². The molecule has 0 radical (unpaired) electrons. The van der Waals surface area contributed by atoms with Crippen LogP contribution in [0.25, 0.3) is 11.1 Å². The van der Waals surface area contributed by atoms with Gasteiger partial charge in [0.15, 0.2) is 0 Å². The molecular weight excluding hydrogens is 494 g/mol. The maximum atomic E-state index is 6.69. The first-order valence-electron chi connectivity index (χ1n) is 14.3. The third-order valence-corrected chi connectivity index (χ3v) is 7.88. The normalized spacial score (nSPS) is 12.9. The van der Waals surface area contributed by atoms with Gasteiger partial charge in [-0.2, -0.15) is 0 Å². The summed E-state index contributed by atoms with van der Waals surface area (Å²) >= 11 is 0. The van der Waals surface area contributed by atoms with Crippen LogP contribution in [0, 0.1) is 6.92 Å². The summed E-state index contributed by atoms with van der Waals surface area (Å²) in [4.78, 5) is 2.46. The number of hydrogen-bond donors (Lipinski definition) is 0. The first-order chi connectivity index (χ1) is 19.4. The number of anilines is 1. The van der Waals surface area contributed by atoms with Gasteiger partial charge in [-0.3, -0.25) is 0 Å². The van der Waals surface area contributed by atoms with E-state index in [1.165, 1.54) is 22.4 Å². The molecule has 0 unspecified atom stereocenters. The van der Waals surface area contributed by atoms with Crippen molar-refractivity contribution in [3.63, 3.8) is 0 Å². The second kappa shape index (κ2) is 12.2. The van der Waals surface area contributed by atoms with Crippen LogP contribution in [-0.4, -0.2) is 25.8 Å². The number of ether oxygens (including phenoxy) is 3. The molecule has 1 aliphatic heterocycles. The molecule has 0 spiro atoms. The Morgan fingerprint density at radius 1 is 0.750 bits per heavy atom. The molecule has 0 aliphatic carbocycles. The van der Waals surface area contributed by atoms with Gasteiger partial charge in [0.25, 0.3) is 0 Å². The molecule has 0 N–H and O–H groups in total. The number of aryl methyl sites for hydroxylation is 1. The summed E-state index contributed by atoms with van der Waals surface area (Å²) in [5.41, 5.74) is 9.27. The van der Waals surface area contributed by atoms with Gasteiger partial charge in [0.1, 0.15) is 24.7 Å². The van der Waals surface area contributed by atoms with Crippen molar-refractivity contribution in [2.24, 2.45) is 0 Å². The maximum Gasteiger partial charge on any atom is 0.131 e. The van der Waals surface area contributed by atoms with Crippen molar-refractivity contribution in [2.75, 3.05) is 25.1 Å². The summed E-state index contributed by atoms with van der Waals surface area (Å²) in [6.45, 7) is 11.7. The van der Waals surface area contributed by atoms with Crippen LogP contribution in [0.4, 0.5) is 5.69 Å². The van der Waals surface area contributed by atoms with Gasteiger partial charge in [0, 0.05) is 32.3 Å². The number of hydrogen-bond acceptors (Lipinski definition) is 4. The van der Waals surface area contributed by atoms with Crippen LogP contribution in [-0.2, 0) is 30.8 Å². The average molecular weight is 536 g/mol. The van der Waals surface area contributed by atoms with E-state index in [2.05, 4.69) is 105 Å². The summed E-state index contributed by atoms with van der Waals surface area (Å²) in [7, 11) is 1.77. The molecule has 0 fully saturated rings. The van der Waals surface area contributed by atoms with Crippen LogP contribution >= 0.6 is 0 Å². The zero-order valence-corrected chi connectivity index (χ0v) is 24.5. The van der Waals surface area contributed by atoms with Crippen LogP contribution in [0.5, 0.6) is 11.5 Å². The Hall–Kier alpha value is -3.76. The largest absolute Gasteiger partial charge is 0.488 e. The van der Waals surface area contributed by atoms with Crippen molar-refractivity contribution in [1.82, 2.24) is 0 Å². The fourth-order valence-electron chi connectivity index (χ4n) is 5.60. The van der Waals surface area contributed by atoms with Gasteiger partial charge in [-0.05, 0) is 85.7 Å². The van der Waals surface area contributed by atoms with Gasteiger partial charge in [0.2, 0.25) is 0 Å². The zero-order chi connectivity index (χ0) is 28.1. The zero-order valence-electron chi connectivity index (χ0n) is 24.5. The molecule has 0 saturated carbocycles. The fraction of sp³-hybridized carbons (Fsp3) is 0.333. The highest BCUT2D eigenvalue weighted by Gasteiger charge is 2.28. The maximum absolute atomic E-state index is 6.69. The van der Waals surface area contributed by atoms with Crippen LogP contribution in [0.2, 0.25) is 0 Å². The van der Waals surface area contributed by atoms with E-state index < -0.39 is 0 Å². The van der Waals surface area contributed by atoms with Gasteiger partial charge < -0.3 is 19.1 Å². The van der Waals surface area contributed by atoms with Gasteiger partial charge >= 0.3 is 0 Å². The number of rotatable bonds is 11. The molecule has 4 aromatic carbocycles. The topological polar surface area (TPSA) is 30.9 Å². The third kappa shape index (κ3) is 6.18. The summed E-state index contributed by atoms with van der Waals surface area (Å²) in [5, 5.41) is 0. The Labute approximate surface area is 239 Å². The Morgan fingerprint density at radius 2 is 1.32 bits per heavy atom. The summed E-state index contributed by atoms with van der Waals surface area (Å²) in [6, 6.07) is 29.6. The minimum atomic E-state index is -0.319. The van der Waals surface area contributed by atoms with E-state index in [-0.39, 0.29) is 5.60 Å². The number of fused-ring (bicyclic) bond motifs is 1. The van der Waals surface area contributed by atoms with E-state index in [1.54, 1.807) is 7.11 Å². The highest BCUT2D eigenvalue weighted by Crippen LogP contribution is 2.47. The summed E-state index contributed by atoms with van der Waals surface area (Å²) < 4.78 is 19.2. The minimum absolute atomic E-state index is 0.319. The number of nitrogens with zero attached hydrogens (tertiary/aromatic N) is 1. The summed E-state index contributed by atoms with van der Waals surface area (Å²) in [6.07, 6.45) is 1.75. The molecule has 0 bridgehead atoms. The van der Waals surface area contributed by atoms with Crippen molar-refractivity contribution < 1.29 is 14.2 Å². The average Bonchev–Trinajstić information content (AvgIpc) is 3.39. The molecule has 5 rings (SSSR count). The smallest absolute Gasteiger partial charge is 0.131 e. The van der Waals surface area contributed by atoms with Crippen molar-refractivity contribution in [3.8, 4) is 22.6 Å². The molecule has 0 atom stereocenters. The molecule has 4 heteroatoms. The molecule has 0 saturated heterocycles. The first kappa shape index (κ1) is 27.8. The molecule has 4 aromatic rings. The Morgan fingerprint density at radius 3 is 1.85 bits per heavy atom. The lowest BCUT2D eigenvalue weighted by atomic mass is 9.89. The molecule has 0 aromatic heterocycles. The standard InChI is InChI=1S/C36H41NO3/c1-6-37-20-19-30-31(37)18-17-26(2)34(30)35-32(39-24-27-13-9-7-10-14-27)21-29(23-36(3,4)38-5)22-33(35)40-25-28-15-11-8-12-16-28/h7-18,21-22H,6,19-20,23-25H2,1-5H3. The van der Waals surface area contributed by atoms with E-state index >= 15 is 0 Å². The van der Waals surface area contributed by atoms with Gasteiger partial charge in [-0.1, -0.05) is 66.7 Å². The summed E-state index contributed by atoms with van der Waals surface area (Å²) in [5.74, 6) is 1.70. The Bertz CT molecular complexity index is 1370. The predicted molar refractivity (Wildman–Crippen MR) is 165 cm³/mol. The van der Waals surface area contributed by atoms with E-state index in [1.807, 2.05) is 12.1 Å². The minimum Gasteiger partial charge on any atom is -0.488 e. The second-order valence-electron chi connectivity index (χ2n) is 11.2. The molecule has 4 nitrogen and oxygen atoms in total. The second-order valence-corrected chi connectivity index (χ2v) is 11.2. The molecule has 208 valence electrons. The lowest BCUT2D eigenvalue weighted by molar-refractivity contribution is 0.0231. The monoisotopic (exact) mass is 535 g/mol. The highest BCUT2D eigenvalue weighted by molar-refractivity contribution is 5.86. The lowest BCUT2D eigenvalue weighted by Gasteiger charge is -2.26. The first-order valence-corrected chi connectivity index (χ1v) is 14.3. The fourth-order valence-corrected chi connectivity index (χ4v) is 5.60. The quantitative estimate of drug-likeness (QED) is 0.194. The van der Waals surface area contributed by atoms with Crippen molar-refractivity contribution in [3.05, 3.63) is 113 Å². The van der Waals surface area contributed by atoms with E-state index in [0.717, 1.165) is 59.7 Å². The molecule has 1 heterocycles. The van der Waals surface area contributed by atoms with Crippen LogP contribution < -0.4 is 14.4 Å². The Kier molecular flexibility index (Phi) is 8.46. The number of methoxy groups -OCH3 is 1. The van der Waals surface area contributed by atoms with Gasteiger partial charge in [0.05, 0.1) is 11.2 Å². The van der Waals surface area contributed by atoms with Crippen LogP contribution in [0.3, 0.4) is 0 Å². The van der Waals surface area contributed by atoms with Crippen molar-refractivity contribution in [1.29, 1.82) is 0 Å². The molecule has 1 aliphatic rings. The van der Waals surface area contributed by atoms with E-state index in [9.17, 15) is 0 Å². The molecule has 40 heavy (non-hydrogen) atoms. The van der Waals surface area contributed by atoms with Crippen LogP contribution in [0.1, 0.15) is 48.6 Å². The Balaban J connectivity index is 1.67.